The molecule has 0 bridgehead atoms. The lowest BCUT2D eigenvalue weighted by molar-refractivity contribution is -0.592. The Morgan fingerprint density at radius 3 is 2.41 bits per heavy atom. The van der Waals surface area contributed by atoms with Crippen LogP contribution in [-0.2, 0) is 31.6 Å². The zero-order chi connectivity index (χ0) is 24.1. The fraction of sp³-hybridized carbons (Fsp3) is 0.500. The van der Waals surface area contributed by atoms with Crippen molar-refractivity contribution in [1.29, 1.82) is 0 Å². The normalized spacial score (nSPS) is 27.9. The maximum absolute atomic E-state index is 11.8. The first-order valence-electron chi connectivity index (χ1n) is 8.10. The van der Waals surface area contributed by atoms with Crippen LogP contribution in [0.3, 0.4) is 0 Å². The summed E-state index contributed by atoms with van der Waals surface area (Å²) in [6.07, 6.45) is -4.36. The van der Waals surface area contributed by atoms with Gasteiger partial charge in [-0.05, 0) is 0 Å². The van der Waals surface area contributed by atoms with Gasteiger partial charge in [0.2, 0.25) is 12.0 Å². The summed E-state index contributed by atoms with van der Waals surface area (Å²) in [5, 5.41) is 31.9. The van der Waals surface area contributed by atoms with Crippen LogP contribution in [-0.4, -0.2) is 69.2 Å². The van der Waals surface area contributed by atoms with Crippen molar-refractivity contribution >= 4 is 40.4 Å². The Morgan fingerprint density at radius 1 is 1.12 bits per heavy atom. The maximum atomic E-state index is 11.8. The van der Waals surface area contributed by atoms with E-state index in [0.29, 0.717) is 0 Å². The molecule has 180 valence electrons. The topological polar surface area (TPSA) is 293 Å². The van der Waals surface area contributed by atoms with E-state index in [4.69, 9.17) is 25.2 Å². The molecular weight excluding hydrogens is 507 g/mol. The Balaban J connectivity index is 1.71. The van der Waals surface area contributed by atoms with Gasteiger partial charge in [-0.2, -0.15) is 8.62 Å². The summed E-state index contributed by atoms with van der Waals surface area (Å²) in [5.74, 6) is -0.300. The summed E-state index contributed by atoms with van der Waals surface area (Å²) in [7, 11) is -16.8. The van der Waals surface area contributed by atoms with Crippen LogP contribution >= 0.6 is 23.5 Å². The molecule has 3 heterocycles. The van der Waals surface area contributed by atoms with Crippen molar-refractivity contribution in [2.24, 2.45) is 0 Å². The third-order valence-electron chi connectivity index (χ3n) is 3.96. The second-order valence-electron chi connectivity index (χ2n) is 6.21. The average Bonchev–Trinajstić information content (AvgIpc) is 3.16. The van der Waals surface area contributed by atoms with E-state index in [1.807, 2.05) is 0 Å². The lowest BCUT2D eigenvalue weighted by atomic mass is 10.1. The van der Waals surface area contributed by atoms with Crippen LogP contribution in [0.4, 0.5) is 5.82 Å². The summed E-state index contributed by atoms with van der Waals surface area (Å²) in [4.78, 5) is 43.3. The number of fused-ring (bicyclic) bond motifs is 1. The number of nitrogens with two attached hydrogens (primary N) is 1. The number of aliphatic hydroxyl groups is 2. The number of aliphatic hydroxyl groups excluding tert-OH is 2. The number of phosphoric ester groups is 1. The Hall–Kier alpha value is -1.56. The molecule has 0 saturated carbocycles. The first-order chi connectivity index (χ1) is 14.6. The molecule has 32 heavy (non-hydrogen) atoms. The molecule has 19 nitrogen and oxygen atoms in total. The fourth-order valence-electron chi connectivity index (χ4n) is 2.69. The number of hydrogen-bond acceptors (Lipinski definition) is 13. The van der Waals surface area contributed by atoms with Gasteiger partial charge in [0, 0.05) is 0 Å². The molecule has 1 aliphatic rings. The first kappa shape index (κ1) is 25.1. The lowest BCUT2D eigenvalue weighted by Gasteiger charge is -2.19. The largest absolute Gasteiger partial charge is 0.740 e. The van der Waals surface area contributed by atoms with Gasteiger partial charge in [-0.3, -0.25) is 9.09 Å². The highest BCUT2D eigenvalue weighted by molar-refractivity contribution is 7.66. The highest BCUT2D eigenvalue weighted by Gasteiger charge is 2.47. The van der Waals surface area contributed by atoms with Crippen LogP contribution < -0.4 is 10.5 Å². The van der Waals surface area contributed by atoms with Crippen molar-refractivity contribution in [3.63, 3.8) is 0 Å². The Bertz CT molecular complexity index is 1150. The molecule has 0 aliphatic carbocycles. The maximum Gasteiger partial charge on any atom is 0.490 e. The van der Waals surface area contributed by atoms with Crippen molar-refractivity contribution in [1.82, 2.24) is 14.5 Å². The molecule has 0 spiro atoms. The van der Waals surface area contributed by atoms with Crippen molar-refractivity contribution in [3.05, 3.63) is 17.9 Å². The second kappa shape index (κ2) is 8.66. The number of aromatic nitrogens is 4. The van der Waals surface area contributed by atoms with Gasteiger partial charge >= 0.3 is 23.5 Å². The number of hydrogen-bond donors (Lipinski definition) is 7. The summed E-state index contributed by atoms with van der Waals surface area (Å²) in [5.41, 5.74) is 5.55. The van der Waals surface area contributed by atoms with Crippen LogP contribution in [0.5, 0.6) is 0 Å². The van der Waals surface area contributed by atoms with Crippen molar-refractivity contribution in [3.8, 4) is 0 Å². The predicted octanol–water partition coefficient (Wildman–Crippen LogP) is -2.39. The highest BCUT2D eigenvalue weighted by atomic mass is 31.3. The van der Waals surface area contributed by atoms with Crippen LogP contribution in [0.15, 0.2) is 12.7 Å². The van der Waals surface area contributed by atoms with E-state index >= 15 is 0 Å². The van der Waals surface area contributed by atoms with Crippen molar-refractivity contribution < 1.29 is 66.1 Å². The van der Waals surface area contributed by atoms with E-state index in [0.717, 1.165) is 17.2 Å². The second-order valence-corrected chi connectivity index (χ2v) is 10.6. The number of anilines is 1. The molecule has 8 N–H and O–H groups in total. The number of rotatable bonds is 8. The monoisotopic (exact) mass is 523 g/mol. The summed E-state index contributed by atoms with van der Waals surface area (Å²) >= 11 is 0. The Labute approximate surface area is 176 Å². The number of nitrogen functional groups attached to an aromatic ring is 1. The molecule has 0 aromatic carbocycles. The smallest absolute Gasteiger partial charge is 0.490 e. The minimum Gasteiger partial charge on any atom is -0.740 e. The molecule has 1 aliphatic heterocycles. The lowest BCUT2D eigenvalue weighted by Crippen LogP contribution is -2.34. The van der Waals surface area contributed by atoms with Gasteiger partial charge in [0.15, 0.2) is 11.7 Å². The molecular formula is C10H16N5O14P3. The Kier molecular flexibility index (Phi) is 6.78. The van der Waals surface area contributed by atoms with Crippen LogP contribution in [0.2, 0.25) is 0 Å². The van der Waals surface area contributed by atoms with Gasteiger partial charge in [-0.1, -0.05) is 4.98 Å². The number of phosphoric acid groups is 3. The van der Waals surface area contributed by atoms with Crippen LogP contribution in [0.25, 0.3) is 11.2 Å². The molecule has 0 amide bonds. The van der Waals surface area contributed by atoms with Gasteiger partial charge < -0.3 is 45.5 Å². The quantitative estimate of drug-likeness (QED) is 0.108. The molecule has 1 saturated heterocycles. The summed E-state index contributed by atoms with van der Waals surface area (Å²) < 4.78 is 52.0. The SMILES string of the molecule is Nc1c2ncn(C3OC(COP(=O)(O)OP(=O)(O)OP(=O)(O)O)C(O)C3O)c2nc[n+]1[O-]. The predicted molar refractivity (Wildman–Crippen MR) is 96.6 cm³/mol. The minimum absolute atomic E-state index is 0.000569. The van der Waals surface area contributed by atoms with E-state index in [9.17, 15) is 34.0 Å². The third-order valence-corrected chi connectivity index (χ3v) is 7.76. The number of ether oxygens (including phenoxy) is 1. The third kappa shape index (κ3) is 5.49. The standard InChI is InChI=1S/C10H16N5O14P3/c11-8-5-9(13-3-15(8)18)14(2-12-5)10-7(17)6(16)4(27-10)1-26-31(22,23)29-32(24,25)28-30(19,20)21/h2-4,6-7,10,16-17H,1,11H2,(H,22,23)(H,24,25)(H2,19,20,21). The molecule has 6 unspecified atom stereocenters. The van der Waals surface area contributed by atoms with E-state index in [2.05, 4.69) is 23.1 Å². The zero-order valence-corrected chi connectivity index (χ0v) is 18.0. The van der Waals surface area contributed by atoms with E-state index in [-0.39, 0.29) is 21.7 Å². The Morgan fingerprint density at radius 2 is 1.78 bits per heavy atom. The average molecular weight is 523 g/mol. The van der Waals surface area contributed by atoms with E-state index < -0.39 is 54.6 Å². The van der Waals surface area contributed by atoms with Gasteiger partial charge in [0.05, 0.1) is 6.61 Å². The van der Waals surface area contributed by atoms with Crippen LogP contribution in [0.1, 0.15) is 6.23 Å². The molecule has 2 aromatic heterocycles. The highest BCUT2D eigenvalue weighted by Crippen LogP contribution is 2.66. The molecule has 22 heteroatoms. The number of imidazole rings is 1. The zero-order valence-electron chi connectivity index (χ0n) is 15.3. The fourth-order valence-corrected chi connectivity index (χ4v) is 5.72. The van der Waals surface area contributed by atoms with Gasteiger partial charge in [-0.15, -0.1) is 0 Å². The van der Waals surface area contributed by atoms with Gasteiger partial charge in [0.1, 0.15) is 24.6 Å². The molecule has 0 radical (unpaired) electrons. The van der Waals surface area contributed by atoms with Crippen molar-refractivity contribution in [2.45, 2.75) is 24.5 Å². The first-order valence-corrected chi connectivity index (χ1v) is 12.6. The molecule has 6 atom stereocenters. The van der Waals surface area contributed by atoms with E-state index in [1.165, 1.54) is 0 Å². The summed E-state index contributed by atoms with van der Waals surface area (Å²) in [6, 6.07) is 0. The van der Waals surface area contributed by atoms with Crippen molar-refractivity contribution in [2.75, 3.05) is 12.3 Å². The molecule has 1 fully saturated rings. The molecule has 2 aromatic rings. The number of nitrogens with zero attached hydrogens (tertiary/aromatic N) is 4. The van der Waals surface area contributed by atoms with Gasteiger partial charge in [-0.25, -0.2) is 23.4 Å². The molecule has 3 rings (SSSR count). The summed E-state index contributed by atoms with van der Waals surface area (Å²) in [6.45, 7) is -0.999. The van der Waals surface area contributed by atoms with Crippen LogP contribution in [0, 0.1) is 5.21 Å². The van der Waals surface area contributed by atoms with Gasteiger partial charge in [0.25, 0.3) is 5.82 Å². The minimum atomic E-state index is -5.73. The van der Waals surface area contributed by atoms with E-state index in [1.54, 1.807) is 0 Å².